The molecule has 1 saturated heterocycles. The fourth-order valence-corrected chi connectivity index (χ4v) is 6.03. The van der Waals surface area contributed by atoms with Gasteiger partial charge < -0.3 is 20.2 Å². The van der Waals surface area contributed by atoms with E-state index in [4.69, 9.17) is 23.2 Å². The first kappa shape index (κ1) is 29.6. The van der Waals surface area contributed by atoms with Gasteiger partial charge in [-0.1, -0.05) is 47.0 Å². The lowest BCUT2D eigenvalue weighted by Crippen LogP contribution is -2.44. The van der Waals surface area contributed by atoms with Crippen molar-refractivity contribution in [1.82, 2.24) is 14.9 Å². The minimum atomic E-state index is -1.18. The van der Waals surface area contributed by atoms with Crippen molar-refractivity contribution in [3.63, 3.8) is 0 Å². The number of rotatable bonds is 7. The van der Waals surface area contributed by atoms with Crippen molar-refractivity contribution in [2.24, 2.45) is 0 Å². The van der Waals surface area contributed by atoms with Crippen molar-refractivity contribution in [3.8, 4) is 0 Å². The Morgan fingerprint density at radius 2 is 1.69 bits per heavy atom. The molecule has 0 aliphatic carbocycles. The molecule has 10 heteroatoms. The molecular formula is C32H34Cl2N6O2. The first-order valence-electron chi connectivity index (χ1n) is 13.8. The number of aromatic nitrogens is 2. The number of hydrogen-bond acceptors (Lipinski definition) is 6. The Hall–Kier alpha value is -3.85. The summed E-state index contributed by atoms with van der Waals surface area (Å²) in [5.74, 6) is 0.484. The summed E-state index contributed by atoms with van der Waals surface area (Å²) in [7, 11) is 2.13. The number of hydrogen-bond donors (Lipinski definition) is 2. The molecule has 8 nitrogen and oxygen atoms in total. The minimum absolute atomic E-state index is 0.204. The van der Waals surface area contributed by atoms with E-state index >= 15 is 0 Å². The smallest absolute Gasteiger partial charge is 0.413 e. The third-order valence-corrected chi connectivity index (χ3v) is 8.17. The van der Waals surface area contributed by atoms with Crippen LogP contribution in [0.25, 0.3) is 0 Å². The number of aryl methyl sites for hydroxylation is 3. The highest BCUT2D eigenvalue weighted by molar-refractivity contribution is 6.33. The van der Waals surface area contributed by atoms with Gasteiger partial charge in [0, 0.05) is 53.8 Å². The molecule has 5 rings (SSSR count). The summed E-state index contributed by atoms with van der Waals surface area (Å²) in [4.78, 5) is 28.0. The van der Waals surface area contributed by atoms with Gasteiger partial charge in [0.25, 0.3) is 0 Å². The molecule has 3 aromatic carbocycles. The maximum Gasteiger partial charge on any atom is 0.413 e. The minimum Gasteiger partial charge on any atom is -0.465 e. The van der Waals surface area contributed by atoms with E-state index in [-0.39, 0.29) is 11.8 Å². The predicted molar refractivity (Wildman–Crippen MR) is 171 cm³/mol. The van der Waals surface area contributed by atoms with Crippen molar-refractivity contribution < 1.29 is 9.90 Å². The number of carboxylic acid groups (broad SMARTS) is 1. The Balaban J connectivity index is 1.54. The zero-order chi connectivity index (χ0) is 30.0. The van der Waals surface area contributed by atoms with E-state index in [9.17, 15) is 9.90 Å². The van der Waals surface area contributed by atoms with E-state index in [1.807, 2.05) is 45.0 Å². The zero-order valence-corrected chi connectivity index (χ0v) is 25.6. The Morgan fingerprint density at radius 3 is 2.38 bits per heavy atom. The van der Waals surface area contributed by atoms with E-state index in [1.54, 1.807) is 30.5 Å². The van der Waals surface area contributed by atoms with Crippen LogP contribution < -0.4 is 15.1 Å². The van der Waals surface area contributed by atoms with E-state index in [0.29, 0.717) is 15.6 Å². The molecule has 1 amide bonds. The summed E-state index contributed by atoms with van der Waals surface area (Å²) < 4.78 is 0. The van der Waals surface area contributed by atoms with Gasteiger partial charge in [-0.2, -0.15) is 4.98 Å². The van der Waals surface area contributed by atoms with Gasteiger partial charge in [-0.15, -0.1) is 0 Å². The Morgan fingerprint density at radius 1 is 0.976 bits per heavy atom. The van der Waals surface area contributed by atoms with Crippen LogP contribution in [0.5, 0.6) is 0 Å². The second-order valence-electron chi connectivity index (χ2n) is 10.7. The molecule has 2 N–H and O–H groups in total. The van der Waals surface area contributed by atoms with Crippen LogP contribution in [0.15, 0.2) is 66.9 Å². The summed E-state index contributed by atoms with van der Waals surface area (Å²) in [6.07, 6.45) is 0.369. The largest absolute Gasteiger partial charge is 0.465 e. The number of halogens is 2. The first-order chi connectivity index (χ1) is 20.1. The van der Waals surface area contributed by atoms with Gasteiger partial charge >= 0.3 is 6.09 Å². The van der Waals surface area contributed by atoms with Crippen molar-refractivity contribution in [3.05, 3.63) is 105 Å². The lowest BCUT2D eigenvalue weighted by molar-refractivity contribution is 0.200. The molecule has 218 valence electrons. The Kier molecular flexibility index (Phi) is 8.87. The highest BCUT2D eigenvalue weighted by Gasteiger charge is 2.33. The first-order valence-corrected chi connectivity index (χ1v) is 14.5. The molecule has 0 radical (unpaired) electrons. The summed E-state index contributed by atoms with van der Waals surface area (Å²) in [6, 6.07) is 18.0. The van der Waals surface area contributed by atoms with Gasteiger partial charge in [0.15, 0.2) is 0 Å². The van der Waals surface area contributed by atoms with Crippen molar-refractivity contribution in [2.45, 2.75) is 26.8 Å². The number of carbonyl (C=O) groups is 1. The third-order valence-electron chi connectivity index (χ3n) is 7.59. The number of nitrogens with one attached hydrogen (secondary N) is 1. The maximum absolute atomic E-state index is 13.0. The van der Waals surface area contributed by atoms with Crippen LogP contribution in [0.4, 0.5) is 27.9 Å². The highest BCUT2D eigenvalue weighted by Crippen LogP contribution is 2.40. The molecule has 0 saturated carbocycles. The summed E-state index contributed by atoms with van der Waals surface area (Å²) >= 11 is 13.1. The number of benzene rings is 3. The van der Waals surface area contributed by atoms with E-state index in [2.05, 4.69) is 44.3 Å². The average molecular weight is 606 g/mol. The second-order valence-corrected chi connectivity index (χ2v) is 11.6. The van der Waals surface area contributed by atoms with Crippen LogP contribution in [0, 0.1) is 20.8 Å². The van der Waals surface area contributed by atoms with Crippen LogP contribution in [0.1, 0.15) is 33.9 Å². The maximum atomic E-state index is 13.0. The van der Waals surface area contributed by atoms with E-state index in [0.717, 1.165) is 59.8 Å². The molecule has 1 fully saturated rings. The number of nitrogens with zero attached hydrogens (tertiary/aromatic N) is 5. The molecular weight excluding hydrogens is 571 g/mol. The number of likely N-dealkylation sites (N-methyl/N-ethyl adjacent to an activating group) is 1. The number of piperazine rings is 1. The van der Waals surface area contributed by atoms with Crippen LogP contribution in [0.2, 0.25) is 10.0 Å². The topological polar surface area (TPSA) is 84.8 Å². The molecule has 1 unspecified atom stereocenters. The Bertz CT molecular complexity index is 1580. The van der Waals surface area contributed by atoms with Gasteiger partial charge in [-0.05, 0) is 92.5 Å². The molecule has 42 heavy (non-hydrogen) atoms. The van der Waals surface area contributed by atoms with Gasteiger partial charge in [0.1, 0.15) is 5.82 Å². The average Bonchev–Trinajstić information content (AvgIpc) is 2.94. The highest BCUT2D eigenvalue weighted by atomic mass is 35.5. The monoisotopic (exact) mass is 604 g/mol. The molecule has 2 heterocycles. The molecule has 1 aliphatic rings. The van der Waals surface area contributed by atoms with Crippen LogP contribution in [-0.4, -0.2) is 59.3 Å². The number of anilines is 4. The fourth-order valence-electron chi connectivity index (χ4n) is 5.63. The van der Waals surface area contributed by atoms with Gasteiger partial charge in [-0.25, -0.2) is 14.7 Å². The summed E-state index contributed by atoms with van der Waals surface area (Å²) in [5.41, 5.74) is 6.26. The Labute approximate surface area is 256 Å². The third kappa shape index (κ3) is 6.46. The molecule has 0 bridgehead atoms. The van der Waals surface area contributed by atoms with Crippen LogP contribution in [-0.2, 0) is 0 Å². The summed E-state index contributed by atoms with van der Waals surface area (Å²) in [5, 5.41) is 14.8. The molecule has 4 aromatic rings. The van der Waals surface area contributed by atoms with Gasteiger partial charge in [-0.3, -0.25) is 0 Å². The lowest BCUT2D eigenvalue weighted by Gasteiger charge is -2.34. The molecule has 1 aliphatic heterocycles. The summed E-state index contributed by atoms with van der Waals surface area (Å²) in [6.45, 7) is 9.87. The molecule has 1 aromatic heterocycles. The van der Waals surface area contributed by atoms with Crippen molar-refractivity contribution in [2.75, 3.05) is 48.3 Å². The van der Waals surface area contributed by atoms with Crippen LogP contribution in [0.3, 0.4) is 0 Å². The molecule has 1 atom stereocenters. The van der Waals surface area contributed by atoms with Crippen molar-refractivity contribution >= 4 is 52.4 Å². The normalized spacial score (nSPS) is 14.5. The van der Waals surface area contributed by atoms with Crippen LogP contribution >= 0.6 is 23.2 Å². The number of amides is 1. The lowest BCUT2D eigenvalue weighted by atomic mass is 9.89. The zero-order valence-electron chi connectivity index (χ0n) is 24.1. The second kappa shape index (κ2) is 12.6. The standard InChI is InChI=1S/C32H34Cl2N6O2/c1-20-16-21(2)29(22(3)17-20)30(26-18-23(33)8-9-27(26)34)40(32(41)42)28-10-11-35-31(37-28)36-24-6-5-7-25(19-24)39-14-12-38(4)13-15-39/h5-11,16-19,30H,12-15H2,1-4H3,(H,41,42)(H,35,36,37). The fraction of sp³-hybridized carbons (Fsp3) is 0.281. The van der Waals surface area contributed by atoms with Crippen molar-refractivity contribution in [1.29, 1.82) is 0 Å². The predicted octanol–water partition coefficient (Wildman–Crippen LogP) is 7.48. The SMILES string of the molecule is Cc1cc(C)c(C(c2cc(Cl)ccc2Cl)N(C(=O)O)c2ccnc(Nc3cccc(N4CCN(C)CC4)c3)n2)c(C)c1. The van der Waals surface area contributed by atoms with E-state index in [1.165, 1.54) is 4.90 Å². The van der Waals surface area contributed by atoms with E-state index < -0.39 is 12.1 Å². The molecule has 0 spiro atoms. The van der Waals surface area contributed by atoms with Gasteiger partial charge in [0.2, 0.25) is 5.95 Å². The van der Waals surface area contributed by atoms with Gasteiger partial charge in [0.05, 0.1) is 6.04 Å². The quantitative estimate of drug-likeness (QED) is 0.226.